The maximum absolute atomic E-state index is 9.09. The van der Waals surface area contributed by atoms with Crippen molar-refractivity contribution < 1.29 is 0 Å². The summed E-state index contributed by atoms with van der Waals surface area (Å²) in [4.78, 5) is 2.26. The monoisotopic (exact) mass is 244 g/mol. The third-order valence-corrected chi connectivity index (χ3v) is 3.34. The molecule has 0 heterocycles. The van der Waals surface area contributed by atoms with E-state index in [-0.39, 0.29) is 5.92 Å². The molecule has 0 amide bonds. The highest BCUT2D eigenvalue weighted by atomic mass is 15.1. The molecule has 1 aromatic carbocycles. The maximum Gasteiger partial charge on any atom is 0.0671 e. The molecule has 0 radical (unpaired) electrons. The van der Waals surface area contributed by atoms with Crippen LogP contribution < -0.4 is 0 Å². The van der Waals surface area contributed by atoms with Crippen LogP contribution in [-0.2, 0) is 6.42 Å². The van der Waals surface area contributed by atoms with Crippen LogP contribution in [0.15, 0.2) is 24.3 Å². The van der Waals surface area contributed by atoms with E-state index in [1.54, 1.807) is 0 Å². The van der Waals surface area contributed by atoms with E-state index in [0.29, 0.717) is 5.92 Å². The van der Waals surface area contributed by atoms with Gasteiger partial charge in [-0.05, 0) is 31.9 Å². The molecule has 1 rings (SSSR count). The van der Waals surface area contributed by atoms with E-state index in [2.05, 4.69) is 63.1 Å². The summed E-state index contributed by atoms with van der Waals surface area (Å²) >= 11 is 0. The lowest BCUT2D eigenvalue weighted by atomic mass is 9.97. The molecule has 0 aliphatic rings. The van der Waals surface area contributed by atoms with Crippen LogP contribution >= 0.6 is 0 Å². The highest BCUT2D eigenvalue weighted by molar-refractivity contribution is 5.22. The van der Waals surface area contributed by atoms with Crippen molar-refractivity contribution in [2.24, 2.45) is 11.8 Å². The van der Waals surface area contributed by atoms with Gasteiger partial charge in [-0.2, -0.15) is 5.26 Å². The normalized spacial score (nSPS) is 12.7. The van der Waals surface area contributed by atoms with Crippen molar-refractivity contribution in [3.63, 3.8) is 0 Å². The Morgan fingerprint density at radius 2 is 2.06 bits per heavy atom. The molecule has 0 saturated carbocycles. The summed E-state index contributed by atoms with van der Waals surface area (Å²) in [7, 11) is 2.10. The molecule has 2 nitrogen and oxygen atoms in total. The third-order valence-electron chi connectivity index (χ3n) is 3.34. The van der Waals surface area contributed by atoms with Crippen LogP contribution in [0.5, 0.6) is 0 Å². The van der Waals surface area contributed by atoms with Crippen LogP contribution in [0.3, 0.4) is 0 Å². The second-order valence-electron chi connectivity index (χ2n) is 5.48. The van der Waals surface area contributed by atoms with Gasteiger partial charge in [-0.25, -0.2) is 0 Å². The summed E-state index contributed by atoms with van der Waals surface area (Å²) in [5, 5.41) is 9.09. The highest BCUT2D eigenvalue weighted by Gasteiger charge is 2.14. The Morgan fingerprint density at radius 3 is 2.61 bits per heavy atom. The van der Waals surface area contributed by atoms with Crippen molar-refractivity contribution in [2.45, 2.75) is 27.2 Å². The third kappa shape index (κ3) is 4.89. The molecular formula is C16H24N2. The largest absolute Gasteiger partial charge is 0.305 e. The Morgan fingerprint density at radius 1 is 1.33 bits per heavy atom. The number of hydrogen-bond acceptors (Lipinski definition) is 2. The summed E-state index contributed by atoms with van der Waals surface area (Å²) in [5.74, 6) is 0.559. The van der Waals surface area contributed by atoms with Gasteiger partial charge in [0.15, 0.2) is 0 Å². The number of rotatable bonds is 6. The second kappa shape index (κ2) is 7.18. The van der Waals surface area contributed by atoms with Gasteiger partial charge in [-0.1, -0.05) is 43.7 Å². The summed E-state index contributed by atoms with van der Waals surface area (Å²) in [5.41, 5.74) is 2.69. The van der Waals surface area contributed by atoms with Crippen molar-refractivity contribution in [3.8, 4) is 6.07 Å². The van der Waals surface area contributed by atoms with Crippen molar-refractivity contribution in [3.05, 3.63) is 35.4 Å². The molecule has 0 fully saturated rings. The fraction of sp³-hybridized carbons (Fsp3) is 0.562. The number of benzene rings is 1. The molecule has 0 bridgehead atoms. The molecule has 1 atom stereocenters. The van der Waals surface area contributed by atoms with Gasteiger partial charge in [-0.3, -0.25) is 0 Å². The number of likely N-dealkylation sites (N-methyl/N-ethyl adjacent to an activating group) is 1. The van der Waals surface area contributed by atoms with Gasteiger partial charge in [0.1, 0.15) is 0 Å². The fourth-order valence-corrected chi connectivity index (χ4v) is 2.02. The van der Waals surface area contributed by atoms with Crippen LogP contribution in [0.2, 0.25) is 0 Å². The molecule has 0 N–H and O–H groups in total. The van der Waals surface area contributed by atoms with Crippen LogP contribution in [0.25, 0.3) is 0 Å². The van der Waals surface area contributed by atoms with Gasteiger partial charge in [0.2, 0.25) is 0 Å². The van der Waals surface area contributed by atoms with Gasteiger partial charge in [0.25, 0.3) is 0 Å². The lowest BCUT2D eigenvalue weighted by Crippen LogP contribution is -2.29. The predicted molar refractivity (Wildman–Crippen MR) is 76.3 cm³/mol. The van der Waals surface area contributed by atoms with Crippen LogP contribution in [0.4, 0.5) is 0 Å². The Hall–Kier alpha value is -1.33. The molecule has 0 spiro atoms. The minimum atomic E-state index is 0.132. The van der Waals surface area contributed by atoms with Gasteiger partial charge in [0, 0.05) is 13.1 Å². The summed E-state index contributed by atoms with van der Waals surface area (Å²) < 4.78 is 0. The maximum atomic E-state index is 9.09. The second-order valence-corrected chi connectivity index (χ2v) is 5.48. The number of hydrogen-bond donors (Lipinski definition) is 0. The minimum absolute atomic E-state index is 0.132. The summed E-state index contributed by atoms with van der Waals surface area (Å²) in [6.07, 6.45) is 1.05. The van der Waals surface area contributed by atoms with E-state index in [4.69, 9.17) is 5.26 Å². The zero-order valence-corrected chi connectivity index (χ0v) is 12.0. The first-order valence-electron chi connectivity index (χ1n) is 6.66. The van der Waals surface area contributed by atoms with E-state index < -0.39 is 0 Å². The molecule has 0 aliphatic heterocycles. The Balaban J connectivity index is 2.42. The van der Waals surface area contributed by atoms with Crippen molar-refractivity contribution >= 4 is 0 Å². The average molecular weight is 244 g/mol. The Labute approximate surface area is 111 Å². The number of nitriles is 1. The average Bonchev–Trinajstić information content (AvgIpc) is 2.33. The first-order chi connectivity index (χ1) is 8.52. The Kier molecular flexibility index (Phi) is 5.88. The summed E-state index contributed by atoms with van der Waals surface area (Å²) in [6, 6.07) is 11.0. The van der Waals surface area contributed by atoms with E-state index in [1.165, 1.54) is 11.1 Å². The predicted octanol–water partition coefficient (Wildman–Crippen LogP) is 3.27. The standard InChI is InChI=1S/C16H24N2/c1-13(2)16(11-17)12-18(4)9-8-15-7-5-6-14(3)10-15/h5-7,10,13,16H,8-9,12H2,1-4H3. The molecule has 18 heavy (non-hydrogen) atoms. The SMILES string of the molecule is Cc1cccc(CCN(C)CC(C#N)C(C)C)c1. The molecule has 2 heteroatoms. The molecular weight excluding hydrogens is 220 g/mol. The topological polar surface area (TPSA) is 27.0 Å². The van der Waals surface area contributed by atoms with Crippen molar-refractivity contribution in [1.82, 2.24) is 4.90 Å². The van der Waals surface area contributed by atoms with Crippen LogP contribution in [-0.4, -0.2) is 25.0 Å². The van der Waals surface area contributed by atoms with E-state index in [9.17, 15) is 0 Å². The highest BCUT2D eigenvalue weighted by Crippen LogP contribution is 2.11. The zero-order chi connectivity index (χ0) is 13.5. The lowest BCUT2D eigenvalue weighted by Gasteiger charge is -2.22. The molecule has 1 aromatic rings. The molecule has 98 valence electrons. The summed E-state index contributed by atoms with van der Waals surface area (Å²) in [6.45, 7) is 8.22. The number of aryl methyl sites for hydroxylation is 1. The Bertz CT molecular complexity index is 404. The van der Waals surface area contributed by atoms with Gasteiger partial charge in [0.05, 0.1) is 12.0 Å². The van der Waals surface area contributed by atoms with Gasteiger partial charge < -0.3 is 4.90 Å². The van der Waals surface area contributed by atoms with Gasteiger partial charge in [-0.15, -0.1) is 0 Å². The lowest BCUT2D eigenvalue weighted by molar-refractivity contribution is 0.275. The van der Waals surface area contributed by atoms with Crippen LogP contribution in [0.1, 0.15) is 25.0 Å². The smallest absolute Gasteiger partial charge is 0.0671 e. The van der Waals surface area contributed by atoms with E-state index in [1.807, 2.05) is 0 Å². The van der Waals surface area contributed by atoms with E-state index >= 15 is 0 Å². The van der Waals surface area contributed by atoms with Gasteiger partial charge >= 0.3 is 0 Å². The fourth-order valence-electron chi connectivity index (χ4n) is 2.02. The first kappa shape index (κ1) is 14.7. The van der Waals surface area contributed by atoms with Crippen LogP contribution in [0, 0.1) is 30.1 Å². The van der Waals surface area contributed by atoms with E-state index in [0.717, 1.165) is 19.5 Å². The van der Waals surface area contributed by atoms with Crippen molar-refractivity contribution in [1.29, 1.82) is 5.26 Å². The quantitative estimate of drug-likeness (QED) is 0.768. The minimum Gasteiger partial charge on any atom is -0.305 e. The molecule has 0 saturated heterocycles. The van der Waals surface area contributed by atoms with Crippen molar-refractivity contribution in [2.75, 3.05) is 20.1 Å². The molecule has 0 aliphatic carbocycles. The zero-order valence-electron chi connectivity index (χ0n) is 12.0. The first-order valence-corrected chi connectivity index (χ1v) is 6.66. The molecule has 0 aromatic heterocycles. The number of nitrogens with zero attached hydrogens (tertiary/aromatic N) is 2. The molecule has 1 unspecified atom stereocenters.